The van der Waals surface area contributed by atoms with E-state index in [4.69, 9.17) is 4.98 Å². The van der Waals surface area contributed by atoms with Gasteiger partial charge >= 0.3 is 0 Å². The predicted octanol–water partition coefficient (Wildman–Crippen LogP) is 5.44. The van der Waals surface area contributed by atoms with Gasteiger partial charge in [0, 0.05) is 31.0 Å². The lowest BCUT2D eigenvalue weighted by Gasteiger charge is -2.17. The Morgan fingerprint density at radius 1 is 1.11 bits per heavy atom. The van der Waals surface area contributed by atoms with E-state index >= 15 is 0 Å². The summed E-state index contributed by atoms with van der Waals surface area (Å²) in [5.74, 6) is 0.375. The number of hydrogen-bond donors (Lipinski definition) is 0. The van der Waals surface area contributed by atoms with Gasteiger partial charge in [-0.05, 0) is 44.0 Å². The molecule has 180 valence electrons. The van der Waals surface area contributed by atoms with Crippen molar-refractivity contribution >= 4 is 44.9 Å². The number of aromatic nitrogens is 2. The van der Waals surface area contributed by atoms with Gasteiger partial charge in [0.2, 0.25) is 0 Å². The van der Waals surface area contributed by atoms with E-state index in [-0.39, 0.29) is 17.2 Å². The molecule has 0 atom stereocenters. The molecule has 4 rings (SSSR count). The van der Waals surface area contributed by atoms with Crippen molar-refractivity contribution in [3.63, 3.8) is 0 Å². The van der Waals surface area contributed by atoms with Crippen molar-refractivity contribution in [2.45, 2.75) is 31.7 Å². The molecule has 1 amide bonds. The fraction of sp³-hybridized carbons (Fsp3) is 0.240. The number of non-ortho nitro benzene ring substituents is 1. The highest BCUT2D eigenvalue weighted by Crippen LogP contribution is 2.32. The second kappa shape index (κ2) is 10.4. The Morgan fingerprint density at radius 3 is 2.37 bits per heavy atom. The summed E-state index contributed by atoms with van der Waals surface area (Å²) in [5, 5.41) is 11.9. The number of amides is 1. The molecular weight excluding hydrogens is 484 g/mol. The Labute approximate surface area is 210 Å². The fourth-order valence-electron chi connectivity index (χ4n) is 3.79. The maximum absolute atomic E-state index is 13.8. The molecule has 0 aliphatic carbocycles. The molecule has 0 unspecified atom stereocenters. The third-order valence-electron chi connectivity index (χ3n) is 5.71. The fourth-order valence-corrected chi connectivity index (χ4v) is 5.94. The summed E-state index contributed by atoms with van der Waals surface area (Å²) in [6.45, 7) is 6.83. The van der Waals surface area contributed by atoms with Crippen LogP contribution in [-0.4, -0.2) is 38.4 Å². The summed E-state index contributed by atoms with van der Waals surface area (Å²) < 4.78 is 1.57. The number of thioether (sulfide) groups is 1. The van der Waals surface area contributed by atoms with Gasteiger partial charge in [-0.15, -0.1) is 11.3 Å². The molecule has 2 aromatic heterocycles. The van der Waals surface area contributed by atoms with E-state index in [2.05, 4.69) is 0 Å². The lowest BCUT2D eigenvalue weighted by Crippen LogP contribution is -2.30. The van der Waals surface area contributed by atoms with E-state index in [1.807, 2.05) is 44.2 Å². The van der Waals surface area contributed by atoms with Crippen LogP contribution in [0.3, 0.4) is 0 Å². The monoisotopic (exact) mass is 508 g/mol. The average Bonchev–Trinajstić information content (AvgIpc) is 3.20. The third kappa shape index (κ3) is 4.85. The first-order valence-electron chi connectivity index (χ1n) is 11.1. The SMILES string of the molecule is CCN(CC)C(=O)c1sc2nc(SCc3ccc([N+](=O)[O-])cc3)n(-c3ccccc3)c(=O)c2c1C. The highest BCUT2D eigenvalue weighted by molar-refractivity contribution is 7.98. The third-order valence-corrected chi connectivity index (χ3v) is 7.89. The van der Waals surface area contributed by atoms with Crippen LogP contribution < -0.4 is 5.56 Å². The number of carbonyl (C=O) groups excluding carboxylic acids is 1. The van der Waals surface area contributed by atoms with Crippen LogP contribution in [0.4, 0.5) is 5.69 Å². The summed E-state index contributed by atoms with van der Waals surface area (Å²) in [7, 11) is 0. The van der Waals surface area contributed by atoms with Crippen LogP contribution in [0, 0.1) is 17.0 Å². The molecule has 2 aromatic carbocycles. The van der Waals surface area contributed by atoms with Crippen molar-refractivity contribution in [1.29, 1.82) is 0 Å². The zero-order chi connectivity index (χ0) is 25.1. The lowest BCUT2D eigenvalue weighted by atomic mass is 10.2. The molecule has 2 heterocycles. The minimum absolute atomic E-state index is 0.0268. The number of nitro benzene ring substituents is 1. The van der Waals surface area contributed by atoms with Crippen LogP contribution >= 0.6 is 23.1 Å². The Balaban J connectivity index is 1.81. The predicted molar refractivity (Wildman–Crippen MR) is 140 cm³/mol. The quantitative estimate of drug-likeness (QED) is 0.136. The van der Waals surface area contributed by atoms with Crippen LogP contribution in [0.2, 0.25) is 0 Å². The molecule has 0 saturated heterocycles. The summed E-state index contributed by atoms with van der Waals surface area (Å²) in [5.41, 5.74) is 2.00. The first-order valence-corrected chi connectivity index (χ1v) is 12.9. The normalized spacial score (nSPS) is 11.1. The van der Waals surface area contributed by atoms with E-state index < -0.39 is 4.92 Å². The van der Waals surface area contributed by atoms with E-state index in [0.717, 1.165) is 5.56 Å². The first-order chi connectivity index (χ1) is 16.8. The van der Waals surface area contributed by atoms with Gasteiger partial charge in [0.25, 0.3) is 17.2 Å². The number of thiophene rings is 1. The number of fused-ring (bicyclic) bond motifs is 1. The Kier molecular flexibility index (Phi) is 7.32. The van der Waals surface area contributed by atoms with Crippen molar-refractivity contribution in [1.82, 2.24) is 14.5 Å². The van der Waals surface area contributed by atoms with E-state index in [9.17, 15) is 19.7 Å². The van der Waals surface area contributed by atoms with Crippen molar-refractivity contribution in [3.05, 3.63) is 91.1 Å². The summed E-state index contributed by atoms with van der Waals surface area (Å²) in [6, 6.07) is 15.6. The second-order valence-electron chi connectivity index (χ2n) is 7.80. The van der Waals surface area contributed by atoms with Gasteiger partial charge in [-0.2, -0.15) is 0 Å². The highest BCUT2D eigenvalue weighted by Gasteiger charge is 2.24. The minimum Gasteiger partial charge on any atom is -0.338 e. The topological polar surface area (TPSA) is 98.3 Å². The Bertz CT molecular complexity index is 1440. The van der Waals surface area contributed by atoms with Crippen LogP contribution in [0.5, 0.6) is 0 Å². The van der Waals surface area contributed by atoms with Crippen LogP contribution in [0.15, 0.2) is 64.5 Å². The molecule has 35 heavy (non-hydrogen) atoms. The van der Waals surface area contributed by atoms with Gasteiger partial charge in [0.1, 0.15) is 4.83 Å². The number of carbonyl (C=O) groups is 1. The highest BCUT2D eigenvalue weighted by atomic mass is 32.2. The number of nitrogens with zero attached hydrogens (tertiary/aromatic N) is 4. The zero-order valence-corrected chi connectivity index (χ0v) is 21.2. The van der Waals surface area contributed by atoms with E-state index in [0.29, 0.717) is 50.3 Å². The first kappa shape index (κ1) is 24.6. The van der Waals surface area contributed by atoms with Crippen molar-refractivity contribution in [3.8, 4) is 5.69 Å². The van der Waals surface area contributed by atoms with Crippen LogP contribution in [0.1, 0.15) is 34.6 Å². The maximum Gasteiger partial charge on any atom is 0.269 e. The van der Waals surface area contributed by atoms with Crippen LogP contribution in [0.25, 0.3) is 15.9 Å². The number of rotatable bonds is 8. The molecule has 0 saturated carbocycles. The van der Waals surface area contributed by atoms with Gasteiger partial charge in [0.05, 0.1) is 20.9 Å². The zero-order valence-electron chi connectivity index (χ0n) is 19.6. The number of para-hydroxylation sites is 1. The molecular formula is C25H24N4O4S2. The second-order valence-corrected chi connectivity index (χ2v) is 9.74. The van der Waals surface area contributed by atoms with Crippen molar-refractivity contribution in [2.75, 3.05) is 13.1 Å². The van der Waals surface area contributed by atoms with Gasteiger partial charge in [-0.25, -0.2) is 4.98 Å². The minimum atomic E-state index is -0.435. The largest absolute Gasteiger partial charge is 0.338 e. The molecule has 0 spiro atoms. The summed E-state index contributed by atoms with van der Waals surface area (Å²) >= 11 is 2.62. The average molecular weight is 509 g/mol. The molecule has 0 radical (unpaired) electrons. The van der Waals surface area contributed by atoms with Gasteiger partial charge in [-0.3, -0.25) is 24.3 Å². The van der Waals surface area contributed by atoms with Crippen molar-refractivity contribution in [2.24, 2.45) is 0 Å². The van der Waals surface area contributed by atoms with Gasteiger partial charge in [0.15, 0.2) is 5.16 Å². The number of aryl methyl sites for hydroxylation is 1. The lowest BCUT2D eigenvalue weighted by molar-refractivity contribution is -0.384. The smallest absolute Gasteiger partial charge is 0.269 e. The molecule has 0 bridgehead atoms. The Hall–Kier alpha value is -3.50. The van der Waals surface area contributed by atoms with Crippen LogP contribution in [-0.2, 0) is 5.75 Å². The summed E-state index contributed by atoms with van der Waals surface area (Å²) in [6.07, 6.45) is 0. The number of hydrogen-bond acceptors (Lipinski definition) is 7. The van der Waals surface area contributed by atoms with Crippen molar-refractivity contribution < 1.29 is 9.72 Å². The van der Waals surface area contributed by atoms with E-state index in [1.54, 1.807) is 28.5 Å². The molecule has 8 nitrogen and oxygen atoms in total. The van der Waals surface area contributed by atoms with E-state index in [1.165, 1.54) is 35.2 Å². The molecule has 4 aromatic rings. The number of nitro groups is 1. The molecule has 0 N–H and O–H groups in total. The molecule has 0 aliphatic heterocycles. The number of benzene rings is 2. The molecule has 0 aliphatic rings. The molecule has 0 fully saturated rings. The Morgan fingerprint density at radius 2 is 1.77 bits per heavy atom. The maximum atomic E-state index is 13.8. The van der Waals surface area contributed by atoms with Gasteiger partial charge < -0.3 is 4.90 Å². The molecule has 10 heteroatoms. The standard InChI is InChI=1S/C25H24N4O4S2/c1-4-27(5-2)24(31)21-16(3)20-22(35-21)26-25(28(23(20)30)18-9-7-6-8-10-18)34-15-17-11-13-19(14-12-17)29(32)33/h6-14H,4-5,15H2,1-3H3. The summed E-state index contributed by atoms with van der Waals surface area (Å²) in [4.78, 5) is 45.0. The van der Waals surface area contributed by atoms with Gasteiger partial charge in [-0.1, -0.05) is 42.1 Å².